The Morgan fingerprint density at radius 2 is 1.64 bits per heavy atom. The number of piperidine rings is 1. The molecular weight excluding hydrogens is 574 g/mol. The lowest BCUT2D eigenvalue weighted by molar-refractivity contribution is -0.145. The van der Waals surface area contributed by atoms with E-state index in [9.17, 15) is 28.8 Å². The third-order valence-corrected chi connectivity index (χ3v) is 9.74. The molecule has 1 aliphatic heterocycles. The summed E-state index contributed by atoms with van der Waals surface area (Å²) in [5.41, 5.74) is -0.660. The summed E-state index contributed by atoms with van der Waals surface area (Å²) in [6, 6.07) is -3.14. The van der Waals surface area contributed by atoms with E-state index in [-0.39, 0.29) is 60.2 Å². The monoisotopic (exact) mass is 629 g/mol. The predicted molar refractivity (Wildman–Crippen MR) is 172 cm³/mol. The van der Waals surface area contributed by atoms with Gasteiger partial charge >= 0.3 is 6.03 Å². The van der Waals surface area contributed by atoms with Gasteiger partial charge in [-0.25, -0.2) is 4.79 Å². The number of rotatable bonds is 14. The molecule has 2 unspecified atom stereocenters. The van der Waals surface area contributed by atoms with E-state index in [1.54, 1.807) is 24.8 Å². The van der Waals surface area contributed by atoms with Crippen molar-refractivity contribution in [1.29, 1.82) is 0 Å². The second kappa shape index (κ2) is 14.9. The van der Waals surface area contributed by atoms with Crippen molar-refractivity contribution in [3.8, 4) is 0 Å². The molecule has 1 saturated heterocycles. The molecular formula is C34H55N5O6. The molecule has 252 valence electrons. The van der Waals surface area contributed by atoms with Gasteiger partial charge in [-0.1, -0.05) is 53.0 Å². The van der Waals surface area contributed by atoms with Crippen LogP contribution in [0.1, 0.15) is 99.8 Å². The molecule has 2 saturated carbocycles. The topological polar surface area (TPSA) is 154 Å². The fraction of sp³-hybridized carbons (Fsp3) is 0.765. The Hall–Kier alpha value is -3.24. The SMILES string of the molecule is C=CCCC(NC(=O)[C@@H]1[C@@H]2C(CN1C(=O)[C@@H](NC(=O)NC(C)(C)C)C1CCCCC1)C2(C)C)C(=O)C(=O)NCCC(=O)C(C)C. The van der Waals surface area contributed by atoms with E-state index < -0.39 is 47.3 Å². The molecule has 0 bridgehead atoms. The molecule has 5 amide bonds. The van der Waals surface area contributed by atoms with Crippen LogP contribution in [0.2, 0.25) is 0 Å². The van der Waals surface area contributed by atoms with Gasteiger partial charge < -0.3 is 26.2 Å². The highest BCUT2D eigenvalue weighted by atomic mass is 16.2. The van der Waals surface area contributed by atoms with Crippen LogP contribution < -0.4 is 21.3 Å². The molecule has 0 aromatic rings. The van der Waals surface area contributed by atoms with Gasteiger partial charge in [-0.2, -0.15) is 0 Å². The Balaban J connectivity index is 1.80. The Bertz CT molecular complexity index is 1150. The minimum absolute atomic E-state index is 0.0243. The molecule has 11 nitrogen and oxygen atoms in total. The summed E-state index contributed by atoms with van der Waals surface area (Å²) in [5.74, 6) is -2.67. The van der Waals surface area contributed by atoms with E-state index in [4.69, 9.17) is 0 Å². The number of allylic oxidation sites excluding steroid dienone is 1. The van der Waals surface area contributed by atoms with Crippen LogP contribution in [0.25, 0.3) is 0 Å². The van der Waals surface area contributed by atoms with Crippen LogP contribution in [-0.2, 0) is 24.0 Å². The van der Waals surface area contributed by atoms with Crippen molar-refractivity contribution in [3.05, 3.63) is 12.7 Å². The van der Waals surface area contributed by atoms with Gasteiger partial charge in [-0.15, -0.1) is 6.58 Å². The van der Waals surface area contributed by atoms with Gasteiger partial charge in [0.2, 0.25) is 17.6 Å². The Morgan fingerprint density at radius 3 is 2.22 bits per heavy atom. The highest BCUT2D eigenvalue weighted by Crippen LogP contribution is 2.65. The normalized spacial score (nSPS) is 23.7. The molecule has 3 fully saturated rings. The van der Waals surface area contributed by atoms with Crippen LogP contribution in [0.5, 0.6) is 0 Å². The number of carbonyl (C=O) groups is 6. The molecule has 11 heteroatoms. The standard InChI is InChI=1S/C34H55N5O6/c1-9-10-16-23(28(41)30(43)35-18-17-24(40)20(2)3)36-29(42)27-25-22(34(25,7)8)19-39(27)31(44)26(21-14-12-11-13-15-21)37-32(45)38-33(4,5)6/h9,20-23,25-27H,1,10-19H2,2-8H3,(H,35,43)(H,36,42)(H2,37,38,45)/t22?,23?,25-,26-,27-/m0/s1. The molecule has 0 aromatic heterocycles. The first-order valence-corrected chi connectivity index (χ1v) is 16.6. The molecule has 1 heterocycles. The number of fused-ring (bicyclic) bond motifs is 1. The maximum atomic E-state index is 14.3. The van der Waals surface area contributed by atoms with Crippen molar-refractivity contribution >= 4 is 35.3 Å². The number of hydrogen-bond donors (Lipinski definition) is 4. The van der Waals surface area contributed by atoms with Crippen molar-refractivity contribution in [3.63, 3.8) is 0 Å². The number of Topliss-reactive ketones (excluding diaryl/α,β-unsaturated/α-hetero) is 2. The van der Waals surface area contributed by atoms with E-state index in [0.29, 0.717) is 13.0 Å². The van der Waals surface area contributed by atoms with Gasteiger partial charge in [-0.05, 0) is 69.6 Å². The maximum Gasteiger partial charge on any atom is 0.315 e. The van der Waals surface area contributed by atoms with E-state index >= 15 is 0 Å². The highest BCUT2D eigenvalue weighted by molar-refractivity contribution is 6.38. The number of ketones is 2. The Morgan fingerprint density at radius 1 is 1.00 bits per heavy atom. The first-order valence-electron chi connectivity index (χ1n) is 16.6. The van der Waals surface area contributed by atoms with Crippen LogP contribution in [-0.4, -0.2) is 77.0 Å². The van der Waals surface area contributed by atoms with Gasteiger partial charge in [0.15, 0.2) is 0 Å². The molecule has 0 aromatic carbocycles. The van der Waals surface area contributed by atoms with Gasteiger partial charge in [-0.3, -0.25) is 24.0 Å². The first kappa shape index (κ1) is 36.2. The first-order chi connectivity index (χ1) is 21.0. The molecule has 3 aliphatic rings. The predicted octanol–water partition coefficient (Wildman–Crippen LogP) is 3.27. The zero-order valence-electron chi connectivity index (χ0n) is 28.3. The summed E-state index contributed by atoms with van der Waals surface area (Å²) in [6.07, 6.45) is 6.93. The quantitative estimate of drug-likeness (QED) is 0.171. The van der Waals surface area contributed by atoms with Gasteiger partial charge in [0.1, 0.15) is 17.9 Å². The summed E-state index contributed by atoms with van der Waals surface area (Å²) in [5, 5.41) is 11.2. The van der Waals surface area contributed by atoms with Gasteiger partial charge in [0.05, 0.1) is 6.04 Å². The van der Waals surface area contributed by atoms with Crippen LogP contribution >= 0.6 is 0 Å². The van der Waals surface area contributed by atoms with Crippen LogP contribution in [0, 0.1) is 29.1 Å². The molecule has 0 radical (unpaired) electrons. The minimum atomic E-state index is -1.11. The smallest absolute Gasteiger partial charge is 0.315 e. The summed E-state index contributed by atoms with van der Waals surface area (Å²) in [4.78, 5) is 80.8. The third-order valence-electron chi connectivity index (χ3n) is 9.74. The van der Waals surface area contributed by atoms with E-state index in [0.717, 1.165) is 32.1 Å². The molecule has 2 aliphatic carbocycles. The van der Waals surface area contributed by atoms with Crippen LogP contribution in [0.15, 0.2) is 12.7 Å². The maximum absolute atomic E-state index is 14.3. The molecule has 4 N–H and O–H groups in total. The lowest BCUT2D eigenvalue weighted by Gasteiger charge is -2.37. The van der Waals surface area contributed by atoms with Crippen LogP contribution in [0.3, 0.4) is 0 Å². The second-order valence-corrected chi connectivity index (χ2v) is 15.0. The number of urea groups is 1. The minimum Gasteiger partial charge on any atom is -0.349 e. The Labute approximate surface area is 268 Å². The van der Waals surface area contributed by atoms with Crippen molar-refractivity contribution in [1.82, 2.24) is 26.2 Å². The average molecular weight is 630 g/mol. The summed E-state index contributed by atoms with van der Waals surface area (Å²) < 4.78 is 0. The molecule has 5 atom stereocenters. The number of nitrogens with zero attached hydrogens (tertiary/aromatic N) is 1. The van der Waals surface area contributed by atoms with E-state index in [1.165, 1.54) is 0 Å². The molecule has 3 rings (SSSR count). The van der Waals surface area contributed by atoms with Gasteiger partial charge in [0, 0.05) is 31.0 Å². The highest BCUT2D eigenvalue weighted by Gasteiger charge is 2.69. The zero-order valence-corrected chi connectivity index (χ0v) is 28.3. The van der Waals surface area contributed by atoms with Gasteiger partial charge in [0.25, 0.3) is 5.91 Å². The van der Waals surface area contributed by atoms with Crippen LogP contribution in [0.4, 0.5) is 4.79 Å². The summed E-state index contributed by atoms with van der Waals surface area (Å²) in [7, 11) is 0. The fourth-order valence-corrected chi connectivity index (χ4v) is 7.00. The Kier molecular flexibility index (Phi) is 12.0. The average Bonchev–Trinajstić information content (AvgIpc) is 3.28. The third kappa shape index (κ3) is 9.16. The fourth-order valence-electron chi connectivity index (χ4n) is 7.00. The van der Waals surface area contributed by atoms with E-state index in [1.807, 2.05) is 20.8 Å². The number of amides is 5. The number of carbonyl (C=O) groups excluding carboxylic acids is 6. The van der Waals surface area contributed by atoms with Crippen molar-refractivity contribution in [2.45, 2.75) is 123 Å². The lowest BCUT2D eigenvalue weighted by Crippen LogP contribution is -2.61. The largest absolute Gasteiger partial charge is 0.349 e. The lowest BCUT2D eigenvalue weighted by atomic mass is 9.83. The number of hydrogen-bond acceptors (Lipinski definition) is 6. The second-order valence-electron chi connectivity index (χ2n) is 15.0. The summed E-state index contributed by atoms with van der Waals surface area (Å²) in [6.45, 7) is 17.4. The number of likely N-dealkylation sites (tertiary alicyclic amines) is 1. The van der Waals surface area contributed by atoms with Crippen molar-refractivity contribution in [2.24, 2.45) is 29.1 Å². The van der Waals surface area contributed by atoms with Crippen molar-refractivity contribution < 1.29 is 28.8 Å². The molecule has 0 spiro atoms. The van der Waals surface area contributed by atoms with Crippen molar-refractivity contribution in [2.75, 3.05) is 13.1 Å². The van der Waals surface area contributed by atoms with E-state index in [2.05, 4.69) is 41.7 Å². The zero-order chi connectivity index (χ0) is 33.7. The molecule has 45 heavy (non-hydrogen) atoms. The number of nitrogens with one attached hydrogen (secondary N) is 4. The summed E-state index contributed by atoms with van der Waals surface area (Å²) >= 11 is 0.